The summed E-state index contributed by atoms with van der Waals surface area (Å²) in [6, 6.07) is 13.5. The first-order chi connectivity index (χ1) is 12.1. The summed E-state index contributed by atoms with van der Waals surface area (Å²) in [6.07, 6.45) is 3.92. The fourth-order valence-corrected chi connectivity index (χ4v) is 3.73. The highest BCUT2D eigenvalue weighted by Crippen LogP contribution is 2.30. The van der Waals surface area contributed by atoms with E-state index in [0.717, 1.165) is 24.2 Å². The number of halogens is 1. The highest BCUT2D eigenvalue weighted by atomic mass is 19.1. The third-order valence-corrected chi connectivity index (χ3v) is 5.26. The minimum Gasteiger partial charge on any atom is -0.328 e. The Bertz CT molecular complexity index is 954. The maximum absolute atomic E-state index is 14.4. The fourth-order valence-electron chi connectivity index (χ4n) is 3.73. The summed E-state index contributed by atoms with van der Waals surface area (Å²) in [5.41, 5.74) is 2.73. The predicted octanol–water partition coefficient (Wildman–Crippen LogP) is 4.14. The second-order valence-corrected chi connectivity index (χ2v) is 6.93. The predicted molar refractivity (Wildman–Crippen MR) is 99.4 cm³/mol. The third-order valence-electron chi connectivity index (χ3n) is 5.26. The zero-order valence-corrected chi connectivity index (χ0v) is 14.3. The first kappa shape index (κ1) is 16.0. The Balaban J connectivity index is 1.66. The van der Waals surface area contributed by atoms with Crippen molar-refractivity contribution in [3.63, 3.8) is 0 Å². The van der Waals surface area contributed by atoms with Crippen LogP contribution in [-0.2, 0) is 0 Å². The topological polar surface area (TPSA) is 36.1 Å². The number of aromatic amines is 1. The quantitative estimate of drug-likeness (QED) is 0.763. The molecule has 3 aromatic rings. The third kappa shape index (κ3) is 3.10. The van der Waals surface area contributed by atoms with E-state index in [1.807, 2.05) is 6.07 Å². The molecule has 128 valence electrons. The average molecular weight is 336 g/mol. The summed E-state index contributed by atoms with van der Waals surface area (Å²) in [4.78, 5) is 16.7. The molecule has 25 heavy (non-hydrogen) atoms. The Morgan fingerprint density at radius 2 is 1.76 bits per heavy atom. The van der Waals surface area contributed by atoms with Crippen molar-refractivity contribution in [1.29, 1.82) is 0 Å². The molecule has 1 saturated heterocycles. The zero-order chi connectivity index (χ0) is 17.4. The summed E-state index contributed by atoms with van der Waals surface area (Å²) >= 11 is 0. The fraction of sp³-hybridized carbons (Fsp3) is 0.286. The maximum atomic E-state index is 14.4. The molecule has 1 fully saturated rings. The molecule has 4 rings (SSSR count). The number of rotatable bonds is 2. The lowest BCUT2D eigenvalue weighted by Gasteiger charge is -2.29. The second-order valence-electron chi connectivity index (χ2n) is 6.93. The van der Waals surface area contributed by atoms with Gasteiger partial charge in [-0.05, 0) is 79.2 Å². The number of nitrogens with zero attached hydrogens (tertiary/aromatic N) is 1. The van der Waals surface area contributed by atoms with Crippen molar-refractivity contribution in [3.8, 4) is 11.1 Å². The Kier molecular flexibility index (Phi) is 4.14. The molecule has 0 atom stereocenters. The van der Waals surface area contributed by atoms with Gasteiger partial charge in [0.1, 0.15) is 5.82 Å². The minimum absolute atomic E-state index is 0.120. The number of fused-ring (bicyclic) bond motifs is 1. The van der Waals surface area contributed by atoms with Crippen molar-refractivity contribution >= 4 is 10.8 Å². The molecule has 0 saturated carbocycles. The minimum atomic E-state index is -0.478. The lowest BCUT2D eigenvalue weighted by molar-refractivity contribution is 0.255. The van der Waals surface area contributed by atoms with Gasteiger partial charge in [0, 0.05) is 6.20 Å². The second kappa shape index (κ2) is 6.45. The Hall–Kier alpha value is -2.46. The number of hydrogen-bond donors (Lipinski definition) is 1. The van der Waals surface area contributed by atoms with E-state index in [-0.39, 0.29) is 10.9 Å². The van der Waals surface area contributed by atoms with E-state index in [1.54, 1.807) is 12.3 Å². The summed E-state index contributed by atoms with van der Waals surface area (Å²) in [5, 5.41) is 0.743. The van der Waals surface area contributed by atoms with Gasteiger partial charge in [0.25, 0.3) is 5.56 Å². The number of benzene rings is 2. The number of nitrogens with one attached hydrogen (secondary N) is 1. The highest BCUT2D eigenvalue weighted by Gasteiger charge is 2.18. The van der Waals surface area contributed by atoms with Gasteiger partial charge in [0.2, 0.25) is 0 Å². The first-order valence-electron chi connectivity index (χ1n) is 8.71. The molecule has 1 N–H and O–H groups in total. The molecule has 1 aliphatic heterocycles. The van der Waals surface area contributed by atoms with Crippen molar-refractivity contribution < 1.29 is 4.39 Å². The van der Waals surface area contributed by atoms with E-state index in [2.05, 4.69) is 41.2 Å². The molecule has 0 amide bonds. The lowest BCUT2D eigenvalue weighted by Crippen LogP contribution is -2.29. The number of hydrogen-bond acceptors (Lipinski definition) is 2. The van der Waals surface area contributed by atoms with Crippen LogP contribution in [0.2, 0.25) is 0 Å². The number of aromatic nitrogens is 1. The van der Waals surface area contributed by atoms with E-state index in [4.69, 9.17) is 0 Å². The molecule has 4 heteroatoms. The number of H-pyrrole nitrogens is 1. The van der Waals surface area contributed by atoms with Crippen LogP contribution in [0, 0.1) is 5.82 Å². The van der Waals surface area contributed by atoms with Crippen molar-refractivity contribution in [2.24, 2.45) is 0 Å². The van der Waals surface area contributed by atoms with E-state index < -0.39 is 5.82 Å². The summed E-state index contributed by atoms with van der Waals surface area (Å²) in [7, 11) is 2.17. The molecule has 0 unspecified atom stereocenters. The van der Waals surface area contributed by atoms with Gasteiger partial charge in [-0.2, -0.15) is 0 Å². The molecule has 2 aromatic carbocycles. The number of piperidine rings is 1. The van der Waals surface area contributed by atoms with Crippen LogP contribution in [0.5, 0.6) is 0 Å². The van der Waals surface area contributed by atoms with Crippen LogP contribution in [-0.4, -0.2) is 30.0 Å². The van der Waals surface area contributed by atoms with Gasteiger partial charge < -0.3 is 9.88 Å². The molecule has 1 aromatic heterocycles. The Labute approximate surface area is 146 Å². The van der Waals surface area contributed by atoms with E-state index >= 15 is 0 Å². The molecule has 0 radical (unpaired) electrons. The van der Waals surface area contributed by atoms with Gasteiger partial charge in [-0.3, -0.25) is 4.79 Å². The van der Waals surface area contributed by atoms with Gasteiger partial charge in [-0.25, -0.2) is 4.39 Å². The van der Waals surface area contributed by atoms with E-state index in [0.29, 0.717) is 11.3 Å². The van der Waals surface area contributed by atoms with Crippen LogP contribution in [0.15, 0.2) is 53.5 Å². The van der Waals surface area contributed by atoms with Crippen LogP contribution in [0.3, 0.4) is 0 Å². The molecule has 2 heterocycles. The van der Waals surface area contributed by atoms with Gasteiger partial charge in [0.05, 0.1) is 5.39 Å². The molecule has 3 nitrogen and oxygen atoms in total. The van der Waals surface area contributed by atoms with Crippen molar-refractivity contribution in [1.82, 2.24) is 9.88 Å². The lowest BCUT2D eigenvalue weighted by atomic mass is 9.88. The SMILES string of the molecule is CN1CCC(c2ccc(-c3cc(F)c4c(=O)[nH]ccc4c3)cc2)CC1. The highest BCUT2D eigenvalue weighted by molar-refractivity contribution is 5.87. The Morgan fingerprint density at radius 3 is 2.48 bits per heavy atom. The molecule has 0 spiro atoms. The molecular formula is C21H21FN2O. The summed E-state index contributed by atoms with van der Waals surface area (Å²) in [6.45, 7) is 2.27. The van der Waals surface area contributed by atoms with E-state index in [9.17, 15) is 9.18 Å². The summed E-state index contributed by atoms with van der Waals surface area (Å²) in [5.74, 6) is 0.130. The molecule has 0 bridgehead atoms. The Morgan fingerprint density at radius 1 is 1.04 bits per heavy atom. The molecule has 0 aliphatic carbocycles. The standard InChI is InChI=1S/C21H21FN2O/c1-24-10-7-16(8-11-24)14-2-4-15(5-3-14)18-12-17-6-9-23-21(25)20(17)19(22)13-18/h2-6,9,12-13,16H,7-8,10-11H2,1H3,(H,23,25). The van der Waals surface area contributed by atoms with Crippen molar-refractivity contribution in [3.05, 3.63) is 70.4 Å². The number of pyridine rings is 1. The number of likely N-dealkylation sites (tertiary alicyclic amines) is 1. The van der Waals surface area contributed by atoms with Gasteiger partial charge in [-0.1, -0.05) is 24.3 Å². The van der Waals surface area contributed by atoms with Crippen LogP contribution in [0.25, 0.3) is 21.9 Å². The monoisotopic (exact) mass is 336 g/mol. The van der Waals surface area contributed by atoms with Gasteiger partial charge >= 0.3 is 0 Å². The van der Waals surface area contributed by atoms with Gasteiger partial charge in [-0.15, -0.1) is 0 Å². The molecular weight excluding hydrogens is 315 g/mol. The normalized spacial score (nSPS) is 16.4. The maximum Gasteiger partial charge on any atom is 0.258 e. The van der Waals surface area contributed by atoms with Crippen LogP contribution in [0.4, 0.5) is 4.39 Å². The van der Waals surface area contributed by atoms with Crippen molar-refractivity contribution in [2.75, 3.05) is 20.1 Å². The van der Waals surface area contributed by atoms with E-state index in [1.165, 1.54) is 24.5 Å². The average Bonchev–Trinajstić information content (AvgIpc) is 2.62. The van der Waals surface area contributed by atoms with Crippen molar-refractivity contribution in [2.45, 2.75) is 18.8 Å². The van der Waals surface area contributed by atoms with Crippen LogP contribution < -0.4 is 5.56 Å². The summed E-state index contributed by atoms with van der Waals surface area (Å²) < 4.78 is 14.4. The smallest absolute Gasteiger partial charge is 0.258 e. The zero-order valence-electron chi connectivity index (χ0n) is 14.3. The van der Waals surface area contributed by atoms with Crippen LogP contribution >= 0.6 is 0 Å². The molecule has 1 aliphatic rings. The first-order valence-corrected chi connectivity index (χ1v) is 8.71. The van der Waals surface area contributed by atoms with Crippen LogP contribution in [0.1, 0.15) is 24.3 Å². The largest absolute Gasteiger partial charge is 0.328 e. The van der Waals surface area contributed by atoms with Gasteiger partial charge in [0.15, 0.2) is 0 Å².